The van der Waals surface area contributed by atoms with E-state index in [0.29, 0.717) is 11.8 Å². The normalized spacial score (nSPS) is 23.4. The van der Waals surface area contributed by atoms with Gasteiger partial charge in [0.05, 0.1) is 12.9 Å². The van der Waals surface area contributed by atoms with Crippen LogP contribution in [-0.2, 0) is 11.2 Å². The predicted molar refractivity (Wildman–Crippen MR) is 80.9 cm³/mol. The van der Waals surface area contributed by atoms with Crippen LogP contribution in [-0.4, -0.2) is 6.61 Å². The lowest BCUT2D eigenvalue weighted by molar-refractivity contribution is 0.249. The summed E-state index contributed by atoms with van der Waals surface area (Å²) in [6.07, 6.45) is 9.98. The number of benzene rings is 1. The summed E-state index contributed by atoms with van der Waals surface area (Å²) in [5, 5.41) is 0. The van der Waals surface area contributed by atoms with E-state index in [-0.39, 0.29) is 0 Å². The van der Waals surface area contributed by atoms with Gasteiger partial charge in [-0.15, -0.1) is 0 Å². The molecule has 102 valence electrons. The van der Waals surface area contributed by atoms with Crippen molar-refractivity contribution in [3.05, 3.63) is 59.9 Å². The topological polar surface area (TPSA) is 9.23 Å². The fourth-order valence-corrected chi connectivity index (χ4v) is 2.63. The van der Waals surface area contributed by atoms with E-state index in [1.807, 2.05) is 12.3 Å². The third-order valence-electron chi connectivity index (χ3n) is 3.87. The molecule has 1 aliphatic rings. The zero-order valence-electron chi connectivity index (χ0n) is 12.0. The lowest BCUT2D eigenvalue weighted by atomic mass is 9.82. The van der Waals surface area contributed by atoms with Gasteiger partial charge in [-0.25, -0.2) is 0 Å². The van der Waals surface area contributed by atoms with Crippen LogP contribution in [0.3, 0.4) is 0 Å². The van der Waals surface area contributed by atoms with Gasteiger partial charge < -0.3 is 4.74 Å². The fourth-order valence-electron chi connectivity index (χ4n) is 2.63. The van der Waals surface area contributed by atoms with Crippen LogP contribution in [0, 0.1) is 11.8 Å². The Balaban J connectivity index is 1.70. The second-order valence-electron chi connectivity index (χ2n) is 5.51. The van der Waals surface area contributed by atoms with E-state index in [0.717, 1.165) is 13.0 Å². The van der Waals surface area contributed by atoms with Crippen molar-refractivity contribution < 1.29 is 4.74 Å². The van der Waals surface area contributed by atoms with E-state index in [2.05, 4.69) is 50.3 Å². The summed E-state index contributed by atoms with van der Waals surface area (Å²) in [5.41, 5.74) is 2.86. The number of allylic oxidation sites excluding steroid dienone is 3. The Morgan fingerprint density at radius 3 is 2.79 bits per heavy atom. The molecule has 1 aromatic carbocycles. The second kappa shape index (κ2) is 7.18. The van der Waals surface area contributed by atoms with Gasteiger partial charge in [-0.1, -0.05) is 48.9 Å². The number of ether oxygens (including phenoxy) is 1. The molecule has 0 bridgehead atoms. The summed E-state index contributed by atoms with van der Waals surface area (Å²) >= 11 is 0. The third-order valence-corrected chi connectivity index (χ3v) is 3.87. The molecule has 0 spiro atoms. The lowest BCUT2D eigenvalue weighted by Gasteiger charge is -2.23. The molecule has 2 unspecified atom stereocenters. The summed E-state index contributed by atoms with van der Waals surface area (Å²) < 4.78 is 5.61. The van der Waals surface area contributed by atoms with Crippen LogP contribution in [0.15, 0.2) is 54.3 Å². The monoisotopic (exact) mass is 256 g/mol. The lowest BCUT2D eigenvalue weighted by Crippen LogP contribution is -2.12. The van der Waals surface area contributed by atoms with Crippen molar-refractivity contribution in [3.8, 4) is 0 Å². The van der Waals surface area contributed by atoms with Gasteiger partial charge >= 0.3 is 0 Å². The highest BCUT2D eigenvalue weighted by Gasteiger charge is 2.16. The highest BCUT2D eigenvalue weighted by molar-refractivity contribution is 5.14. The minimum Gasteiger partial charge on any atom is -0.501 e. The first kappa shape index (κ1) is 13.9. The SMILES string of the molecule is CC1=CC(C)C(C=COCCc2ccccc2)CC1. The van der Waals surface area contributed by atoms with E-state index in [9.17, 15) is 0 Å². The zero-order valence-corrected chi connectivity index (χ0v) is 12.0. The van der Waals surface area contributed by atoms with E-state index in [1.165, 1.54) is 24.0 Å². The summed E-state index contributed by atoms with van der Waals surface area (Å²) in [5.74, 6) is 1.28. The molecule has 0 fully saturated rings. The fraction of sp³-hybridized carbons (Fsp3) is 0.444. The first-order valence-corrected chi connectivity index (χ1v) is 7.25. The molecule has 0 saturated carbocycles. The van der Waals surface area contributed by atoms with Crippen LogP contribution in [0.25, 0.3) is 0 Å². The Bertz CT molecular complexity index is 430. The Hall–Kier alpha value is -1.50. The minimum atomic E-state index is 0.639. The molecule has 2 atom stereocenters. The number of hydrogen-bond acceptors (Lipinski definition) is 1. The summed E-state index contributed by atoms with van der Waals surface area (Å²) in [7, 11) is 0. The maximum Gasteiger partial charge on any atom is 0.0913 e. The maximum atomic E-state index is 5.61. The molecule has 1 nitrogen and oxygen atoms in total. The minimum absolute atomic E-state index is 0.639. The molecular formula is C18H24O. The van der Waals surface area contributed by atoms with Crippen LogP contribution in [0.4, 0.5) is 0 Å². The van der Waals surface area contributed by atoms with Crippen LogP contribution in [0.1, 0.15) is 32.3 Å². The van der Waals surface area contributed by atoms with Gasteiger partial charge in [0, 0.05) is 6.42 Å². The Kier molecular flexibility index (Phi) is 5.26. The van der Waals surface area contributed by atoms with Gasteiger partial charge in [-0.05, 0) is 43.2 Å². The van der Waals surface area contributed by atoms with Crippen LogP contribution in [0.2, 0.25) is 0 Å². The molecule has 1 aromatic rings. The second-order valence-corrected chi connectivity index (χ2v) is 5.51. The number of rotatable bonds is 5. The predicted octanol–water partition coefficient (Wildman–Crippen LogP) is 4.75. The zero-order chi connectivity index (χ0) is 13.5. The van der Waals surface area contributed by atoms with Crippen molar-refractivity contribution in [2.45, 2.75) is 33.1 Å². The smallest absolute Gasteiger partial charge is 0.0913 e. The molecule has 19 heavy (non-hydrogen) atoms. The highest BCUT2D eigenvalue weighted by Crippen LogP contribution is 2.29. The van der Waals surface area contributed by atoms with Crippen molar-refractivity contribution in [2.75, 3.05) is 6.61 Å². The van der Waals surface area contributed by atoms with Crippen LogP contribution >= 0.6 is 0 Å². The van der Waals surface area contributed by atoms with E-state index < -0.39 is 0 Å². The maximum absolute atomic E-state index is 5.61. The van der Waals surface area contributed by atoms with Gasteiger partial charge in [0.1, 0.15) is 0 Å². The first-order valence-electron chi connectivity index (χ1n) is 7.25. The Morgan fingerprint density at radius 2 is 2.05 bits per heavy atom. The van der Waals surface area contributed by atoms with E-state index in [1.54, 1.807) is 0 Å². The van der Waals surface area contributed by atoms with Crippen molar-refractivity contribution in [2.24, 2.45) is 11.8 Å². The molecule has 0 aromatic heterocycles. The Morgan fingerprint density at radius 1 is 1.26 bits per heavy atom. The van der Waals surface area contributed by atoms with Crippen molar-refractivity contribution in [1.29, 1.82) is 0 Å². The molecule has 0 aliphatic heterocycles. The van der Waals surface area contributed by atoms with E-state index >= 15 is 0 Å². The average molecular weight is 256 g/mol. The molecule has 2 rings (SSSR count). The molecule has 0 heterocycles. The summed E-state index contributed by atoms with van der Waals surface area (Å²) in [6, 6.07) is 10.5. The van der Waals surface area contributed by atoms with Crippen LogP contribution < -0.4 is 0 Å². The van der Waals surface area contributed by atoms with Gasteiger partial charge in [-0.2, -0.15) is 0 Å². The first-order chi connectivity index (χ1) is 9.25. The summed E-state index contributed by atoms with van der Waals surface area (Å²) in [6.45, 7) is 5.28. The number of hydrogen-bond donors (Lipinski definition) is 0. The van der Waals surface area contributed by atoms with Gasteiger partial charge in [0.15, 0.2) is 0 Å². The largest absolute Gasteiger partial charge is 0.501 e. The molecule has 0 saturated heterocycles. The molecular weight excluding hydrogens is 232 g/mol. The average Bonchev–Trinajstić information content (AvgIpc) is 2.42. The molecule has 0 N–H and O–H groups in total. The van der Waals surface area contributed by atoms with Crippen molar-refractivity contribution in [1.82, 2.24) is 0 Å². The molecule has 1 aliphatic carbocycles. The van der Waals surface area contributed by atoms with Crippen LogP contribution in [0.5, 0.6) is 0 Å². The molecule has 0 radical (unpaired) electrons. The Labute approximate surface area is 117 Å². The highest BCUT2D eigenvalue weighted by atomic mass is 16.5. The van der Waals surface area contributed by atoms with Gasteiger partial charge in [0.25, 0.3) is 0 Å². The molecule has 0 amide bonds. The third kappa shape index (κ3) is 4.59. The quantitative estimate of drug-likeness (QED) is 0.419. The van der Waals surface area contributed by atoms with Gasteiger partial charge in [-0.3, -0.25) is 0 Å². The van der Waals surface area contributed by atoms with Crippen molar-refractivity contribution in [3.63, 3.8) is 0 Å². The molecule has 1 heteroatoms. The van der Waals surface area contributed by atoms with E-state index in [4.69, 9.17) is 4.74 Å². The van der Waals surface area contributed by atoms with Gasteiger partial charge in [0.2, 0.25) is 0 Å². The summed E-state index contributed by atoms with van der Waals surface area (Å²) in [4.78, 5) is 0. The van der Waals surface area contributed by atoms with Crippen molar-refractivity contribution >= 4 is 0 Å². The standard InChI is InChI=1S/C18H24O/c1-15-8-9-18(16(2)14-15)11-13-19-12-10-17-6-4-3-5-7-17/h3-7,11,13-14,16,18H,8-10,12H2,1-2H3.